The molecule has 3 rings (SSSR count). The van der Waals surface area contributed by atoms with Gasteiger partial charge in [0, 0.05) is 3.57 Å². The number of hydrogen-bond donors (Lipinski definition) is 0. The van der Waals surface area contributed by atoms with Crippen LogP contribution in [0.15, 0.2) is 54.6 Å². The smallest absolute Gasteiger partial charge is 0.0136 e. The summed E-state index contributed by atoms with van der Waals surface area (Å²) in [5.74, 6) is 0. The highest BCUT2D eigenvalue weighted by molar-refractivity contribution is 14.1. The first-order chi connectivity index (χ1) is 7.84. The molecule has 0 unspecified atom stereocenters. The van der Waals surface area contributed by atoms with Crippen LogP contribution in [0.5, 0.6) is 0 Å². The molecule has 16 heavy (non-hydrogen) atoms. The largest absolute Gasteiger partial charge is 0.0716 e. The van der Waals surface area contributed by atoms with Gasteiger partial charge >= 0.3 is 0 Å². The van der Waals surface area contributed by atoms with Gasteiger partial charge in [-0.05, 0) is 63.4 Å². The van der Waals surface area contributed by atoms with E-state index < -0.39 is 0 Å². The minimum Gasteiger partial charge on any atom is -0.0716 e. The van der Waals surface area contributed by atoms with E-state index in [1.165, 1.54) is 25.8 Å². The molecule has 0 spiro atoms. The highest BCUT2D eigenvalue weighted by Crippen LogP contribution is 2.32. The van der Waals surface area contributed by atoms with Crippen molar-refractivity contribution < 1.29 is 0 Å². The lowest BCUT2D eigenvalue weighted by Crippen LogP contribution is -1.86. The van der Waals surface area contributed by atoms with Crippen molar-refractivity contribution >= 4 is 28.2 Å². The first-order valence-corrected chi connectivity index (χ1v) is 6.47. The van der Waals surface area contributed by atoms with E-state index in [4.69, 9.17) is 0 Å². The number of halogens is 1. The highest BCUT2D eigenvalue weighted by Gasteiger charge is 2.14. The topological polar surface area (TPSA) is 0 Å². The second-order valence-electron chi connectivity index (χ2n) is 3.99. The number of fused-ring (bicyclic) bond motifs is 1. The molecule has 1 aliphatic rings. The number of rotatable bonds is 1. The fourth-order valence-electron chi connectivity index (χ4n) is 2.21. The van der Waals surface area contributed by atoms with Crippen LogP contribution in [0.3, 0.4) is 0 Å². The van der Waals surface area contributed by atoms with Crippen LogP contribution in [0.25, 0.3) is 5.57 Å². The Bertz CT molecular complexity index is 567. The monoisotopic (exact) mass is 318 g/mol. The first-order valence-electron chi connectivity index (χ1n) is 5.39. The molecule has 0 fully saturated rings. The lowest BCUT2D eigenvalue weighted by atomic mass is 9.99. The van der Waals surface area contributed by atoms with Gasteiger partial charge < -0.3 is 0 Å². The second kappa shape index (κ2) is 4.06. The van der Waals surface area contributed by atoms with Crippen LogP contribution in [0, 0.1) is 3.57 Å². The van der Waals surface area contributed by atoms with Gasteiger partial charge in [0.15, 0.2) is 0 Å². The van der Waals surface area contributed by atoms with Crippen LogP contribution in [0.2, 0.25) is 0 Å². The molecule has 78 valence electrons. The van der Waals surface area contributed by atoms with E-state index in [0.717, 1.165) is 6.42 Å². The molecular weight excluding hydrogens is 307 g/mol. The summed E-state index contributed by atoms with van der Waals surface area (Å²) >= 11 is 2.36. The molecule has 0 saturated carbocycles. The lowest BCUT2D eigenvalue weighted by molar-refractivity contribution is 1.31. The molecule has 1 heteroatoms. The molecule has 2 aromatic carbocycles. The van der Waals surface area contributed by atoms with Gasteiger partial charge in [0.05, 0.1) is 0 Å². The quantitative estimate of drug-likeness (QED) is 0.689. The minimum atomic E-state index is 1.07. The zero-order valence-electron chi connectivity index (χ0n) is 8.78. The number of hydrogen-bond acceptors (Lipinski definition) is 0. The summed E-state index contributed by atoms with van der Waals surface area (Å²) in [7, 11) is 0. The Morgan fingerprint density at radius 2 is 1.81 bits per heavy atom. The van der Waals surface area contributed by atoms with E-state index in [9.17, 15) is 0 Å². The minimum absolute atomic E-state index is 1.07. The van der Waals surface area contributed by atoms with Crippen molar-refractivity contribution in [3.63, 3.8) is 0 Å². The van der Waals surface area contributed by atoms with Gasteiger partial charge in [-0.3, -0.25) is 0 Å². The molecule has 0 aromatic heterocycles. The van der Waals surface area contributed by atoms with E-state index in [-0.39, 0.29) is 0 Å². The maximum absolute atomic E-state index is 2.36. The number of allylic oxidation sites excluding steroid dienone is 1. The van der Waals surface area contributed by atoms with Crippen LogP contribution >= 0.6 is 22.6 Å². The normalized spacial score (nSPS) is 13.4. The van der Waals surface area contributed by atoms with Crippen molar-refractivity contribution in [2.75, 3.05) is 0 Å². The van der Waals surface area contributed by atoms with Gasteiger partial charge in [0.25, 0.3) is 0 Å². The maximum Gasteiger partial charge on any atom is 0.0136 e. The summed E-state index contributed by atoms with van der Waals surface area (Å²) in [6.45, 7) is 0. The lowest BCUT2D eigenvalue weighted by Gasteiger charge is -2.06. The average Bonchev–Trinajstić information content (AvgIpc) is 2.72. The van der Waals surface area contributed by atoms with E-state index in [1.54, 1.807) is 0 Å². The van der Waals surface area contributed by atoms with Gasteiger partial charge in [-0.15, -0.1) is 0 Å². The second-order valence-corrected chi connectivity index (χ2v) is 5.24. The SMILES string of the molecule is Ic1cccc(C2=CCc3ccccc32)c1. The van der Waals surface area contributed by atoms with Crippen LogP contribution in [0.1, 0.15) is 16.7 Å². The Kier molecular flexibility index (Phi) is 2.56. The van der Waals surface area contributed by atoms with Gasteiger partial charge in [0.1, 0.15) is 0 Å². The fraction of sp³-hybridized carbons (Fsp3) is 0.0667. The molecule has 1 aliphatic carbocycles. The Labute approximate surface area is 109 Å². The van der Waals surface area contributed by atoms with Crippen molar-refractivity contribution in [1.82, 2.24) is 0 Å². The molecule has 0 bridgehead atoms. The van der Waals surface area contributed by atoms with Crippen molar-refractivity contribution in [2.24, 2.45) is 0 Å². The van der Waals surface area contributed by atoms with E-state index in [0.29, 0.717) is 0 Å². The van der Waals surface area contributed by atoms with E-state index >= 15 is 0 Å². The van der Waals surface area contributed by atoms with Crippen LogP contribution in [-0.2, 0) is 6.42 Å². The zero-order chi connectivity index (χ0) is 11.0. The summed E-state index contributed by atoms with van der Waals surface area (Å²) < 4.78 is 1.29. The number of benzene rings is 2. The molecule has 0 heterocycles. The molecule has 0 saturated heterocycles. The van der Waals surface area contributed by atoms with Crippen molar-refractivity contribution in [3.05, 3.63) is 74.9 Å². The predicted molar refractivity (Wildman–Crippen MR) is 76.4 cm³/mol. The average molecular weight is 318 g/mol. The van der Waals surface area contributed by atoms with Crippen LogP contribution in [0.4, 0.5) is 0 Å². The Morgan fingerprint density at radius 3 is 2.69 bits per heavy atom. The molecular formula is C15H11I. The molecule has 0 aliphatic heterocycles. The molecule has 0 amide bonds. The van der Waals surface area contributed by atoms with E-state index in [2.05, 4.69) is 77.2 Å². The molecule has 0 nitrogen and oxygen atoms in total. The van der Waals surface area contributed by atoms with Gasteiger partial charge in [-0.2, -0.15) is 0 Å². The summed E-state index contributed by atoms with van der Waals surface area (Å²) in [5, 5.41) is 0. The predicted octanol–water partition coefficient (Wildman–Crippen LogP) is 4.28. The summed E-state index contributed by atoms with van der Waals surface area (Å²) in [5.41, 5.74) is 5.55. The third-order valence-corrected chi connectivity index (χ3v) is 3.64. The zero-order valence-corrected chi connectivity index (χ0v) is 10.9. The van der Waals surface area contributed by atoms with Gasteiger partial charge in [-0.25, -0.2) is 0 Å². The summed E-state index contributed by atoms with van der Waals surface area (Å²) in [4.78, 5) is 0. The maximum atomic E-state index is 2.36. The fourth-order valence-corrected chi connectivity index (χ4v) is 2.76. The summed E-state index contributed by atoms with van der Waals surface area (Å²) in [6.07, 6.45) is 3.40. The Balaban J connectivity index is 2.11. The van der Waals surface area contributed by atoms with Crippen molar-refractivity contribution in [1.29, 1.82) is 0 Å². The van der Waals surface area contributed by atoms with Crippen molar-refractivity contribution in [2.45, 2.75) is 6.42 Å². The van der Waals surface area contributed by atoms with E-state index in [1.807, 2.05) is 0 Å². The van der Waals surface area contributed by atoms with Crippen molar-refractivity contribution in [3.8, 4) is 0 Å². The third kappa shape index (κ3) is 1.69. The highest BCUT2D eigenvalue weighted by atomic mass is 127. The third-order valence-electron chi connectivity index (χ3n) is 2.97. The Hall–Kier alpha value is -1.09. The van der Waals surface area contributed by atoms with Gasteiger partial charge in [-0.1, -0.05) is 42.5 Å². The standard InChI is InChI=1S/C15H11I/c16-13-6-3-5-12(10-13)15-9-8-11-4-1-2-7-14(11)15/h1-7,9-10H,8H2. The first kappa shape index (κ1) is 10.1. The van der Waals surface area contributed by atoms with Gasteiger partial charge in [0.2, 0.25) is 0 Å². The Morgan fingerprint density at radius 1 is 0.938 bits per heavy atom. The summed E-state index contributed by atoms with van der Waals surface area (Å²) in [6, 6.07) is 17.4. The van der Waals surface area contributed by atoms with Crippen LogP contribution < -0.4 is 0 Å². The van der Waals surface area contributed by atoms with Crippen LogP contribution in [-0.4, -0.2) is 0 Å². The molecule has 0 N–H and O–H groups in total. The molecule has 2 aromatic rings. The molecule has 0 radical (unpaired) electrons. The molecule has 0 atom stereocenters.